The van der Waals surface area contributed by atoms with Crippen molar-refractivity contribution < 1.29 is 4.79 Å². The van der Waals surface area contributed by atoms with Crippen molar-refractivity contribution in [3.63, 3.8) is 0 Å². The lowest BCUT2D eigenvalue weighted by atomic mass is 9.98. The van der Waals surface area contributed by atoms with E-state index >= 15 is 0 Å². The number of anilines is 2. The third-order valence-corrected chi connectivity index (χ3v) is 5.83. The number of aromatic nitrogens is 1. The van der Waals surface area contributed by atoms with E-state index < -0.39 is 0 Å². The smallest absolute Gasteiger partial charge is 0.253 e. The third kappa shape index (κ3) is 5.23. The van der Waals surface area contributed by atoms with Crippen LogP contribution < -0.4 is 10.6 Å². The zero-order valence-electron chi connectivity index (χ0n) is 15.7. The topological polar surface area (TPSA) is 54.0 Å². The highest BCUT2D eigenvalue weighted by atomic mass is 79.9. The summed E-state index contributed by atoms with van der Waals surface area (Å²) in [5.41, 5.74) is 2.40. The first-order chi connectivity index (χ1) is 12.9. The largest absolute Gasteiger partial charge is 0.352 e. The van der Waals surface area contributed by atoms with E-state index in [9.17, 15) is 4.79 Å². The van der Waals surface area contributed by atoms with Gasteiger partial charge < -0.3 is 10.6 Å². The lowest BCUT2D eigenvalue weighted by Gasteiger charge is -2.16. The van der Waals surface area contributed by atoms with Crippen molar-refractivity contribution in [1.82, 2.24) is 10.3 Å². The van der Waals surface area contributed by atoms with Gasteiger partial charge >= 0.3 is 0 Å². The molecule has 144 valence electrons. The molecule has 1 fully saturated rings. The van der Waals surface area contributed by atoms with Crippen LogP contribution in [-0.2, 0) is 0 Å². The molecule has 0 atom stereocenters. The van der Waals surface area contributed by atoms with Crippen LogP contribution in [0.3, 0.4) is 0 Å². The first-order valence-corrected chi connectivity index (χ1v) is 10.6. The Labute approximate surface area is 174 Å². The predicted molar refractivity (Wildman–Crippen MR) is 115 cm³/mol. The van der Waals surface area contributed by atoms with Crippen molar-refractivity contribution in [2.45, 2.75) is 45.4 Å². The van der Waals surface area contributed by atoms with Gasteiger partial charge in [0.15, 0.2) is 0 Å². The zero-order valence-corrected chi connectivity index (χ0v) is 18.0. The first-order valence-electron chi connectivity index (χ1n) is 9.44. The molecule has 0 unspecified atom stereocenters. The van der Waals surface area contributed by atoms with Gasteiger partial charge in [0.05, 0.1) is 16.3 Å². The van der Waals surface area contributed by atoms with Gasteiger partial charge in [0.2, 0.25) is 0 Å². The zero-order chi connectivity index (χ0) is 19.4. The normalized spacial score (nSPS) is 14.6. The van der Waals surface area contributed by atoms with E-state index in [1.807, 2.05) is 24.3 Å². The van der Waals surface area contributed by atoms with Crippen molar-refractivity contribution in [2.75, 3.05) is 11.9 Å². The van der Waals surface area contributed by atoms with Gasteiger partial charge in [0.25, 0.3) is 5.91 Å². The fourth-order valence-electron chi connectivity index (χ4n) is 3.48. The second kappa shape index (κ2) is 9.07. The van der Waals surface area contributed by atoms with Crippen LogP contribution >= 0.6 is 27.5 Å². The number of carbonyl (C=O) groups is 1. The maximum atomic E-state index is 12.7. The molecule has 1 aliphatic carbocycles. The lowest BCUT2D eigenvalue weighted by molar-refractivity contribution is 0.0945. The number of carbonyl (C=O) groups excluding carboxylic acids is 1. The predicted octanol–water partition coefficient (Wildman–Crippen LogP) is 6.28. The molecule has 3 rings (SSSR count). The number of benzene rings is 1. The second-order valence-electron chi connectivity index (χ2n) is 7.42. The van der Waals surface area contributed by atoms with E-state index in [4.69, 9.17) is 11.6 Å². The van der Waals surface area contributed by atoms with E-state index in [-0.39, 0.29) is 11.8 Å². The van der Waals surface area contributed by atoms with Gasteiger partial charge in [0.1, 0.15) is 5.82 Å². The fraction of sp³-hybridized carbons (Fsp3) is 0.429. The highest BCUT2D eigenvalue weighted by molar-refractivity contribution is 9.10. The highest BCUT2D eigenvalue weighted by Gasteiger charge is 2.19. The molecule has 1 aliphatic rings. The Bertz CT molecular complexity index is 819. The third-order valence-electron chi connectivity index (χ3n) is 5.02. The maximum Gasteiger partial charge on any atom is 0.253 e. The van der Waals surface area contributed by atoms with Crippen molar-refractivity contribution in [2.24, 2.45) is 5.92 Å². The van der Waals surface area contributed by atoms with Crippen LogP contribution in [0.25, 0.3) is 0 Å². The highest BCUT2D eigenvalue weighted by Crippen LogP contribution is 2.30. The van der Waals surface area contributed by atoms with Gasteiger partial charge in [-0.05, 0) is 54.5 Å². The van der Waals surface area contributed by atoms with Gasteiger partial charge in [-0.3, -0.25) is 4.79 Å². The Kier molecular flexibility index (Phi) is 6.77. The summed E-state index contributed by atoms with van der Waals surface area (Å²) >= 11 is 9.69. The summed E-state index contributed by atoms with van der Waals surface area (Å²) in [6, 6.07) is 7.58. The number of halogens is 2. The van der Waals surface area contributed by atoms with Crippen molar-refractivity contribution >= 4 is 44.9 Å². The average Bonchev–Trinajstić information content (AvgIpc) is 3.15. The summed E-state index contributed by atoms with van der Waals surface area (Å²) in [5.74, 6) is 1.47. The Morgan fingerprint density at radius 3 is 2.70 bits per heavy atom. The molecule has 2 N–H and O–H groups in total. The van der Waals surface area contributed by atoms with Crippen LogP contribution in [0.2, 0.25) is 5.02 Å². The molecule has 2 aromatic rings. The fourth-order valence-corrected chi connectivity index (χ4v) is 4.20. The SMILES string of the molecule is CC(C)c1cc(Nc2ccc(Br)cc2Cl)ncc1C(=O)NCC1CCCC1. The monoisotopic (exact) mass is 449 g/mol. The molecule has 4 nitrogen and oxygen atoms in total. The molecule has 0 radical (unpaired) electrons. The molecule has 0 aliphatic heterocycles. The Morgan fingerprint density at radius 2 is 2.04 bits per heavy atom. The van der Waals surface area contributed by atoms with Crippen LogP contribution in [0.5, 0.6) is 0 Å². The molecular weight excluding hydrogens is 426 g/mol. The minimum absolute atomic E-state index is 0.0358. The molecule has 1 heterocycles. The maximum absolute atomic E-state index is 12.7. The summed E-state index contributed by atoms with van der Waals surface area (Å²) in [5, 5.41) is 6.94. The number of rotatable bonds is 6. The van der Waals surface area contributed by atoms with E-state index in [2.05, 4.69) is 45.4 Å². The van der Waals surface area contributed by atoms with Crippen molar-refractivity contribution in [3.05, 3.63) is 51.1 Å². The quantitative estimate of drug-likeness (QED) is 0.544. The summed E-state index contributed by atoms with van der Waals surface area (Å²) in [6.07, 6.45) is 6.64. The molecule has 6 heteroatoms. The van der Waals surface area contributed by atoms with Crippen LogP contribution in [0, 0.1) is 5.92 Å². The van der Waals surface area contributed by atoms with Gasteiger partial charge in [0, 0.05) is 17.2 Å². The number of pyridine rings is 1. The number of hydrogen-bond acceptors (Lipinski definition) is 3. The van der Waals surface area contributed by atoms with Crippen LogP contribution in [0.1, 0.15) is 61.4 Å². The minimum atomic E-state index is -0.0358. The lowest BCUT2D eigenvalue weighted by Crippen LogP contribution is -2.29. The molecule has 1 amide bonds. The number of hydrogen-bond donors (Lipinski definition) is 2. The molecule has 27 heavy (non-hydrogen) atoms. The molecular formula is C21H25BrClN3O. The summed E-state index contributed by atoms with van der Waals surface area (Å²) in [6.45, 7) is 4.92. The Balaban J connectivity index is 1.76. The molecule has 0 saturated heterocycles. The van der Waals surface area contributed by atoms with Crippen LogP contribution in [-0.4, -0.2) is 17.4 Å². The van der Waals surface area contributed by atoms with E-state index in [0.717, 1.165) is 22.3 Å². The standard InChI is InChI=1S/C21H25BrClN3O/c1-13(2)16-10-20(26-19-8-7-15(22)9-18(19)23)24-12-17(16)21(27)25-11-14-5-3-4-6-14/h7-10,12-14H,3-6,11H2,1-2H3,(H,24,26)(H,25,27). The minimum Gasteiger partial charge on any atom is -0.352 e. The number of amides is 1. The molecule has 1 saturated carbocycles. The molecule has 0 bridgehead atoms. The summed E-state index contributed by atoms with van der Waals surface area (Å²) in [7, 11) is 0. The molecule has 1 aromatic carbocycles. The number of nitrogens with zero attached hydrogens (tertiary/aromatic N) is 1. The van der Waals surface area contributed by atoms with Crippen molar-refractivity contribution in [1.29, 1.82) is 0 Å². The van der Waals surface area contributed by atoms with Gasteiger partial charge in [-0.2, -0.15) is 0 Å². The second-order valence-corrected chi connectivity index (χ2v) is 8.74. The van der Waals surface area contributed by atoms with Crippen molar-refractivity contribution in [3.8, 4) is 0 Å². The molecule has 0 spiro atoms. The summed E-state index contributed by atoms with van der Waals surface area (Å²) in [4.78, 5) is 17.1. The van der Waals surface area contributed by atoms with E-state index in [1.165, 1.54) is 25.7 Å². The van der Waals surface area contributed by atoms with Gasteiger partial charge in [-0.25, -0.2) is 4.98 Å². The van der Waals surface area contributed by atoms with Gasteiger partial charge in [-0.1, -0.05) is 54.2 Å². The van der Waals surface area contributed by atoms with Crippen LogP contribution in [0.4, 0.5) is 11.5 Å². The Morgan fingerprint density at radius 1 is 1.30 bits per heavy atom. The first kappa shape index (κ1) is 20.2. The van der Waals surface area contributed by atoms with E-state index in [1.54, 1.807) is 6.20 Å². The molecule has 1 aromatic heterocycles. The van der Waals surface area contributed by atoms with Crippen LogP contribution in [0.15, 0.2) is 34.9 Å². The average molecular weight is 451 g/mol. The van der Waals surface area contributed by atoms with Gasteiger partial charge in [-0.15, -0.1) is 0 Å². The Hall–Kier alpha value is -1.59. The summed E-state index contributed by atoms with van der Waals surface area (Å²) < 4.78 is 0.920. The van der Waals surface area contributed by atoms with E-state index in [0.29, 0.717) is 22.3 Å². The number of nitrogens with one attached hydrogen (secondary N) is 2.